The molecule has 1 aromatic heterocycles. The fourth-order valence-electron chi connectivity index (χ4n) is 3.63. The van der Waals surface area contributed by atoms with Crippen molar-refractivity contribution in [2.45, 2.75) is 50.2 Å². The summed E-state index contributed by atoms with van der Waals surface area (Å²) in [5, 5.41) is 10.9. The summed E-state index contributed by atoms with van der Waals surface area (Å²) in [6.07, 6.45) is 5.24. The molecule has 1 amide bonds. The molecule has 10 heteroatoms. The van der Waals surface area contributed by atoms with Crippen molar-refractivity contribution in [3.05, 3.63) is 46.5 Å². The standard InChI is InChI=1S/C19H23ClFN5O3/c1-29-18(28)19(7-3-2-4-8-19)23-16(27)11-26-10-15(24-25-26)17(22)13-6-5-12(20)9-14(13)21/h5-6,9-10,17H,2-4,7-8,11,22H2,1H3,(H,23,27). The van der Waals surface area contributed by atoms with Crippen LogP contribution in [0.2, 0.25) is 5.02 Å². The largest absolute Gasteiger partial charge is 0.467 e. The first-order valence-electron chi connectivity index (χ1n) is 9.34. The molecule has 29 heavy (non-hydrogen) atoms. The molecule has 1 saturated carbocycles. The number of hydrogen-bond acceptors (Lipinski definition) is 6. The number of ether oxygens (including phenoxy) is 1. The summed E-state index contributed by atoms with van der Waals surface area (Å²) in [5.41, 5.74) is 5.60. The Balaban J connectivity index is 1.69. The molecule has 1 aliphatic carbocycles. The number of halogens is 2. The van der Waals surface area contributed by atoms with Crippen molar-refractivity contribution in [1.82, 2.24) is 20.3 Å². The summed E-state index contributed by atoms with van der Waals surface area (Å²) >= 11 is 5.76. The van der Waals surface area contributed by atoms with Crippen LogP contribution < -0.4 is 11.1 Å². The summed E-state index contributed by atoms with van der Waals surface area (Å²) < 4.78 is 20.3. The van der Waals surface area contributed by atoms with E-state index in [1.807, 2.05) is 0 Å². The smallest absolute Gasteiger partial charge is 0.331 e. The van der Waals surface area contributed by atoms with E-state index in [1.165, 1.54) is 36.2 Å². The number of carbonyl (C=O) groups is 2. The van der Waals surface area contributed by atoms with Crippen molar-refractivity contribution >= 4 is 23.5 Å². The average Bonchev–Trinajstić information content (AvgIpc) is 3.15. The van der Waals surface area contributed by atoms with Gasteiger partial charge in [0.15, 0.2) is 0 Å². The van der Waals surface area contributed by atoms with Crippen molar-refractivity contribution in [2.24, 2.45) is 5.73 Å². The number of esters is 1. The Hall–Kier alpha value is -2.52. The van der Waals surface area contributed by atoms with Gasteiger partial charge in [0.2, 0.25) is 5.91 Å². The van der Waals surface area contributed by atoms with E-state index in [9.17, 15) is 14.0 Å². The van der Waals surface area contributed by atoms with Crippen LogP contribution in [0.25, 0.3) is 0 Å². The fraction of sp³-hybridized carbons (Fsp3) is 0.474. The molecule has 1 aromatic carbocycles. The fourth-order valence-corrected chi connectivity index (χ4v) is 3.79. The number of amides is 1. The molecule has 1 heterocycles. The Bertz CT molecular complexity index is 898. The third-order valence-electron chi connectivity index (χ3n) is 5.14. The maximum absolute atomic E-state index is 14.1. The zero-order chi connectivity index (χ0) is 21.0. The molecule has 3 rings (SSSR count). The van der Waals surface area contributed by atoms with Crippen LogP contribution in [0.5, 0.6) is 0 Å². The van der Waals surface area contributed by atoms with Gasteiger partial charge >= 0.3 is 5.97 Å². The third-order valence-corrected chi connectivity index (χ3v) is 5.38. The highest BCUT2D eigenvalue weighted by molar-refractivity contribution is 6.30. The minimum Gasteiger partial charge on any atom is -0.467 e. The molecule has 0 bridgehead atoms. The molecule has 1 aliphatic rings. The topological polar surface area (TPSA) is 112 Å². The molecule has 3 N–H and O–H groups in total. The van der Waals surface area contributed by atoms with Crippen molar-refractivity contribution in [2.75, 3.05) is 7.11 Å². The molecular formula is C19H23ClFN5O3. The highest BCUT2D eigenvalue weighted by Crippen LogP contribution is 2.29. The van der Waals surface area contributed by atoms with Crippen molar-refractivity contribution < 1.29 is 18.7 Å². The number of nitrogens with one attached hydrogen (secondary N) is 1. The highest BCUT2D eigenvalue weighted by Gasteiger charge is 2.41. The van der Waals surface area contributed by atoms with Gasteiger partial charge in [0.05, 0.1) is 19.3 Å². The Kier molecular flexibility index (Phi) is 6.49. The van der Waals surface area contributed by atoms with Gasteiger partial charge in [-0.15, -0.1) is 5.10 Å². The molecule has 1 fully saturated rings. The monoisotopic (exact) mass is 423 g/mol. The normalized spacial score (nSPS) is 16.8. The predicted octanol–water partition coefficient (Wildman–Crippen LogP) is 2.11. The first kappa shape index (κ1) is 21.2. The second-order valence-electron chi connectivity index (χ2n) is 7.17. The number of carbonyl (C=O) groups excluding carboxylic acids is 2. The van der Waals surface area contributed by atoms with Crippen LogP contribution in [0.1, 0.15) is 49.4 Å². The van der Waals surface area contributed by atoms with E-state index in [2.05, 4.69) is 15.6 Å². The van der Waals surface area contributed by atoms with Crippen molar-refractivity contribution in [1.29, 1.82) is 0 Å². The number of nitrogens with two attached hydrogens (primary N) is 1. The van der Waals surface area contributed by atoms with Gasteiger partial charge in [0.25, 0.3) is 0 Å². The Morgan fingerprint density at radius 3 is 2.76 bits per heavy atom. The van der Waals surface area contributed by atoms with Gasteiger partial charge in [0, 0.05) is 10.6 Å². The van der Waals surface area contributed by atoms with E-state index in [-0.39, 0.29) is 23.0 Å². The Morgan fingerprint density at radius 2 is 2.10 bits per heavy atom. The Morgan fingerprint density at radius 1 is 1.38 bits per heavy atom. The van der Waals surface area contributed by atoms with Crippen molar-refractivity contribution in [3.63, 3.8) is 0 Å². The lowest BCUT2D eigenvalue weighted by atomic mass is 9.81. The predicted molar refractivity (Wildman–Crippen MR) is 103 cm³/mol. The zero-order valence-corrected chi connectivity index (χ0v) is 16.8. The molecule has 8 nitrogen and oxygen atoms in total. The first-order chi connectivity index (χ1) is 13.8. The summed E-state index contributed by atoms with van der Waals surface area (Å²) in [6.45, 7) is -0.151. The second kappa shape index (κ2) is 8.87. The van der Waals surface area contributed by atoms with Gasteiger partial charge in [-0.3, -0.25) is 4.79 Å². The summed E-state index contributed by atoms with van der Waals surface area (Å²) in [6, 6.07) is 3.33. The van der Waals surface area contributed by atoms with Gasteiger partial charge in [-0.1, -0.05) is 42.1 Å². The Labute approximate surface area is 172 Å². The maximum Gasteiger partial charge on any atom is 0.331 e. The highest BCUT2D eigenvalue weighted by atomic mass is 35.5. The lowest BCUT2D eigenvalue weighted by Crippen LogP contribution is -2.56. The van der Waals surface area contributed by atoms with E-state index in [4.69, 9.17) is 22.1 Å². The molecule has 0 saturated heterocycles. The third kappa shape index (κ3) is 4.73. The summed E-state index contributed by atoms with van der Waals surface area (Å²) in [7, 11) is 1.31. The summed E-state index contributed by atoms with van der Waals surface area (Å²) in [5.74, 6) is -1.38. The van der Waals surface area contributed by atoms with E-state index in [0.29, 0.717) is 18.5 Å². The molecule has 1 unspecified atom stereocenters. The van der Waals surface area contributed by atoms with Crippen LogP contribution in [0.3, 0.4) is 0 Å². The molecule has 1 atom stereocenters. The molecular weight excluding hydrogens is 401 g/mol. The van der Waals surface area contributed by atoms with Gasteiger partial charge in [-0.25, -0.2) is 13.9 Å². The summed E-state index contributed by atoms with van der Waals surface area (Å²) in [4.78, 5) is 24.8. The molecule has 0 radical (unpaired) electrons. The molecule has 156 valence electrons. The lowest BCUT2D eigenvalue weighted by molar-refractivity contribution is -0.152. The van der Waals surface area contributed by atoms with Crippen molar-refractivity contribution in [3.8, 4) is 0 Å². The second-order valence-corrected chi connectivity index (χ2v) is 7.60. The number of benzene rings is 1. The molecule has 0 aliphatic heterocycles. The van der Waals surface area contributed by atoms with Gasteiger partial charge in [-0.05, 0) is 25.0 Å². The van der Waals surface area contributed by atoms with Crippen LogP contribution in [0.4, 0.5) is 4.39 Å². The van der Waals surface area contributed by atoms with E-state index in [0.717, 1.165) is 19.3 Å². The SMILES string of the molecule is COC(=O)C1(NC(=O)Cn2cc(C(N)c3ccc(Cl)cc3F)nn2)CCCCC1. The minimum absolute atomic E-state index is 0.151. The van der Waals surface area contributed by atoms with Crippen LogP contribution in [-0.2, 0) is 20.9 Å². The zero-order valence-electron chi connectivity index (χ0n) is 16.0. The quantitative estimate of drug-likeness (QED) is 0.688. The molecule has 0 spiro atoms. The minimum atomic E-state index is -1.00. The number of nitrogens with zero attached hydrogens (tertiary/aromatic N) is 3. The average molecular weight is 424 g/mol. The van der Waals surface area contributed by atoms with Gasteiger partial charge < -0.3 is 15.8 Å². The number of rotatable bonds is 6. The van der Waals surface area contributed by atoms with Gasteiger partial charge in [0.1, 0.15) is 23.6 Å². The number of methoxy groups -OCH3 is 1. The van der Waals surface area contributed by atoms with Crippen LogP contribution in [-0.4, -0.2) is 39.5 Å². The van der Waals surface area contributed by atoms with Gasteiger partial charge in [-0.2, -0.15) is 0 Å². The number of hydrogen-bond donors (Lipinski definition) is 2. The van der Waals surface area contributed by atoms with Crippen LogP contribution in [0, 0.1) is 5.82 Å². The van der Waals surface area contributed by atoms with E-state index < -0.39 is 23.4 Å². The van der Waals surface area contributed by atoms with Crippen LogP contribution >= 0.6 is 11.6 Å². The van der Waals surface area contributed by atoms with E-state index >= 15 is 0 Å². The number of aromatic nitrogens is 3. The van der Waals surface area contributed by atoms with Crippen LogP contribution in [0.15, 0.2) is 24.4 Å². The maximum atomic E-state index is 14.1. The lowest BCUT2D eigenvalue weighted by Gasteiger charge is -2.35. The van der Waals surface area contributed by atoms with E-state index in [1.54, 1.807) is 0 Å². The first-order valence-corrected chi connectivity index (χ1v) is 9.72. The molecule has 2 aromatic rings.